The Morgan fingerprint density at radius 3 is 1.58 bits per heavy atom. The molecule has 2 nitrogen and oxygen atoms in total. The Morgan fingerprint density at radius 2 is 1.19 bits per heavy atom. The first-order valence-corrected chi connectivity index (χ1v) is 18.5. The molecule has 0 saturated carbocycles. The zero-order valence-electron chi connectivity index (χ0n) is 18.2. The topological polar surface area (TPSA) is 34.1 Å². The van der Waals surface area contributed by atoms with Gasteiger partial charge in [0, 0.05) is 45.0 Å². The molecule has 0 aromatic rings. The average molecular weight is 573 g/mol. The number of rotatable bonds is 14. The highest BCUT2D eigenvalue weighted by atomic mass is 32.2. The van der Waals surface area contributed by atoms with Gasteiger partial charge in [-0.2, -0.15) is 23.5 Å². The lowest BCUT2D eigenvalue weighted by molar-refractivity contribution is -0.108. The number of hydrogen-bond donors (Lipinski definition) is 0. The first kappa shape index (κ1) is 28.9. The maximum Gasteiger partial charge on any atom is 0.214 e. The van der Waals surface area contributed by atoms with Crippen LogP contribution in [0.4, 0.5) is 0 Å². The van der Waals surface area contributed by atoms with Crippen LogP contribution in [0.2, 0.25) is 0 Å². The van der Waals surface area contributed by atoms with Crippen molar-refractivity contribution in [3.05, 3.63) is 24.3 Å². The lowest BCUT2D eigenvalue weighted by Crippen LogP contribution is -2.08. The highest BCUT2D eigenvalue weighted by Gasteiger charge is 2.27. The summed E-state index contributed by atoms with van der Waals surface area (Å²) in [6.07, 6.45) is 1.28. The fourth-order valence-corrected chi connectivity index (χ4v) is 14.6. The molecule has 0 spiro atoms. The van der Waals surface area contributed by atoms with E-state index in [2.05, 4.69) is 83.7 Å². The molecular weight excluding hydrogens is 541 g/mol. The molecule has 2 aliphatic rings. The molecule has 0 aliphatic carbocycles. The maximum absolute atomic E-state index is 11.7. The Balaban J connectivity index is 1.42. The van der Waals surface area contributed by atoms with Crippen molar-refractivity contribution in [2.24, 2.45) is 0 Å². The summed E-state index contributed by atoms with van der Waals surface area (Å²) in [5.41, 5.74) is 1.31. The minimum Gasteiger partial charge on any atom is -0.282 e. The Bertz CT molecular complexity index is 575. The lowest BCUT2D eigenvalue weighted by Gasteiger charge is -2.11. The molecule has 2 fully saturated rings. The summed E-state index contributed by atoms with van der Waals surface area (Å²) < 4.78 is 1.36. The molecule has 176 valence electrons. The molecule has 0 N–H and O–H groups in total. The van der Waals surface area contributed by atoms with Crippen molar-refractivity contribution in [1.29, 1.82) is 0 Å². The van der Waals surface area contributed by atoms with Gasteiger partial charge in [-0.15, -0.1) is 47.0 Å². The normalized spacial score (nSPS) is 25.6. The van der Waals surface area contributed by atoms with Crippen LogP contribution in [0.5, 0.6) is 0 Å². The predicted molar refractivity (Wildman–Crippen MR) is 159 cm³/mol. The highest BCUT2D eigenvalue weighted by molar-refractivity contribution is 8.23. The van der Waals surface area contributed by atoms with Gasteiger partial charge in [-0.3, -0.25) is 9.59 Å². The second-order valence-corrected chi connectivity index (χ2v) is 17.7. The van der Waals surface area contributed by atoms with Gasteiger partial charge in [-0.05, 0) is 42.9 Å². The van der Waals surface area contributed by atoms with E-state index in [0.717, 1.165) is 11.5 Å². The molecule has 0 aromatic heterocycles. The molecule has 2 aliphatic heterocycles. The monoisotopic (exact) mass is 572 g/mol. The van der Waals surface area contributed by atoms with E-state index in [1.54, 1.807) is 13.8 Å². The maximum atomic E-state index is 11.7. The first-order chi connectivity index (χ1) is 14.8. The van der Waals surface area contributed by atoms with Crippen molar-refractivity contribution in [3.63, 3.8) is 0 Å². The van der Waals surface area contributed by atoms with Gasteiger partial charge in [-0.1, -0.05) is 36.7 Å². The van der Waals surface area contributed by atoms with Crippen molar-refractivity contribution in [1.82, 2.24) is 0 Å². The zero-order chi connectivity index (χ0) is 22.6. The third kappa shape index (κ3) is 12.2. The molecule has 0 amide bonds. The van der Waals surface area contributed by atoms with Crippen molar-refractivity contribution in [2.45, 2.75) is 39.9 Å². The van der Waals surface area contributed by atoms with E-state index in [1.807, 2.05) is 0 Å². The molecule has 0 aromatic carbocycles. The average Bonchev–Trinajstić information content (AvgIpc) is 3.38. The summed E-state index contributed by atoms with van der Waals surface area (Å²) in [5, 5.41) is 1.48. The number of carbonyl (C=O) groups excluding carboxylic acids is 2. The number of carbonyl (C=O) groups is 2. The minimum atomic E-state index is 0.141. The molecule has 2 heterocycles. The molecule has 2 saturated heterocycles. The summed E-state index contributed by atoms with van der Waals surface area (Å²) in [5.74, 6) is 9.08. The van der Waals surface area contributed by atoms with Crippen molar-refractivity contribution >= 4 is 104 Å². The lowest BCUT2D eigenvalue weighted by atomic mass is 10.4. The van der Waals surface area contributed by atoms with Crippen molar-refractivity contribution in [2.75, 3.05) is 46.0 Å². The zero-order valence-corrected chi connectivity index (χ0v) is 24.7. The Hall–Kier alpha value is 1.62. The molecule has 2 rings (SSSR count). The Labute approximate surface area is 222 Å². The van der Waals surface area contributed by atoms with Crippen LogP contribution in [0.25, 0.3) is 0 Å². The van der Waals surface area contributed by atoms with E-state index < -0.39 is 0 Å². The molecule has 31 heavy (non-hydrogen) atoms. The van der Waals surface area contributed by atoms with Gasteiger partial charge in [0.2, 0.25) is 10.2 Å². The van der Waals surface area contributed by atoms with Crippen LogP contribution in [-0.4, -0.2) is 75.9 Å². The highest BCUT2D eigenvalue weighted by Crippen LogP contribution is 2.42. The van der Waals surface area contributed by atoms with Gasteiger partial charge in [0.15, 0.2) is 0 Å². The van der Waals surface area contributed by atoms with Crippen molar-refractivity contribution < 1.29 is 9.59 Å². The number of thioether (sulfide) groups is 8. The molecule has 10 heteroatoms. The SMILES string of the molecule is C=C(C)C(=O)SCC1CSC(CSCCCSCC2SCC(CSC(=O)C(=C)C)S2)S1. The summed E-state index contributed by atoms with van der Waals surface area (Å²) in [4.78, 5) is 23.4. The predicted octanol–water partition coefficient (Wildman–Crippen LogP) is 6.86. The van der Waals surface area contributed by atoms with E-state index >= 15 is 0 Å². The largest absolute Gasteiger partial charge is 0.282 e. The molecule has 0 radical (unpaired) electrons. The molecular formula is C21H32O2S8. The van der Waals surface area contributed by atoms with E-state index in [9.17, 15) is 9.59 Å². The Kier molecular flexibility index (Phi) is 15.2. The third-order valence-corrected chi connectivity index (χ3v) is 16.7. The summed E-state index contributed by atoms with van der Waals surface area (Å²) >= 11 is 15.3. The summed E-state index contributed by atoms with van der Waals surface area (Å²) in [6.45, 7) is 11.0. The van der Waals surface area contributed by atoms with E-state index in [1.165, 1.54) is 64.5 Å². The summed E-state index contributed by atoms with van der Waals surface area (Å²) in [6, 6.07) is 0. The first-order valence-electron chi connectivity index (χ1n) is 10.2. The van der Waals surface area contributed by atoms with Crippen LogP contribution in [0, 0.1) is 0 Å². The van der Waals surface area contributed by atoms with Crippen LogP contribution >= 0.6 is 94.1 Å². The second-order valence-electron chi connectivity index (χ2n) is 7.30. The van der Waals surface area contributed by atoms with Crippen LogP contribution in [0.15, 0.2) is 24.3 Å². The van der Waals surface area contributed by atoms with Gasteiger partial charge in [0.05, 0.1) is 9.16 Å². The van der Waals surface area contributed by atoms with Crippen LogP contribution in [0.3, 0.4) is 0 Å². The molecule has 0 bridgehead atoms. The van der Waals surface area contributed by atoms with Crippen LogP contribution in [-0.2, 0) is 9.59 Å². The molecule has 4 unspecified atom stereocenters. The fourth-order valence-electron chi connectivity index (χ4n) is 2.57. The Morgan fingerprint density at radius 1 is 0.774 bits per heavy atom. The quantitative estimate of drug-likeness (QED) is 0.163. The fraction of sp³-hybridized carbons (Fsp3) is 0.714. The van der Waals surface area contributed by atoms with E-state index in [0.29, 0.717) is 30.8 Å². The van der Waals surface area contributed by atoms with Gasteiger partial charge in [0.25, 0.3) is 0 Å². The van der Waals surface area contributed by atoms with Gasteiger partial charge < -0.3 is 0 Å². The van der Waals surface area contributed by atoms with Crippen molar-refractivity contribution in [3.8, 4) is 0 Å². The second kappa shape index (κ2) is 16.3. The van der Waals surface area contributed by atoms with E-state index in [4.69, 9.17) is 0 Å². The minimum absolute atomic E-state index is 0.141. The molecule has 4 atom stereocenters. The van der Waals surface area contributed by atoms with Gasteiger partial charge in [0.1, 0.15) is 0 Å². The standard InChI is InChI=1S/C21H32O2S8/c1-14(2)20(22)28-10-16-8-26-18(30-16)12-24-6-5-7-25-13-19-27-9-17(31-19)11-29-21(23)15(3)4/h16-19H,1,3,5-13H2,2,4H3. The number of hydrogen-bond acceptors (Lipinski definition) is 10. The summed E-state index contributed by atoms with van der Waals surface area (Å²) in [7, 11) is 0. The van der Waals surface area contributed by atoms with Crippen LogP contribution < -0.4 is 0 Å². The smallest absolute Gasteiger partial charge is 0.214 e. The third-order valence-electron chi connectivity index (χ3n) is 4.21. The van der Waals surface area contributed by atoms with E-state index in [-0.39, 0.29) is 10.2 Å². The van der Waals surface area contributed by atoms with Gasteiger partial charge >= 0.3 is 0 Å². The van der Waals surface area contributed by atoms with Crippen LogP contribution in [0.1, 0.15) is 20.3 Å². The van der Waals surface area contributed by atoms with Gasteiger partial charge in [-0.25, -0.2) is 0 Å².